The average molecular weight is 571 g/mol. The molecule has 224 valence electrons. The van der Waals surface area contributed by atoms with E-state index in [1.54, 1.807) is 14.1 Å². The number of ketones is 4. The molecule has 11 nitrogen and oxygen atoms in total. The van der Waals surface area contributed by atoms with Gasteiger partial charge in [-0.25, -0.2) is 0 Å². The zero-order chi connectivity index (χ0) is 30.9. The molecule has 0 saturated heterocycles. The number of rotatable bonds is 6. The number of aliphatic hydroxyl groups is 1. The van der Waals surface area contributed by atoms with Crippen molar-refractivity contribution >= 4 is 34.7 Å². The fourth-order valence-electron chi connectivity index (χ4n) is 7.38. The van der Waals surface area contributed by atoms with Crippen LogP contribution in [-0.2, 0) is 32.1 Å². The molecule has 3 aliphatic carbocycles. The number of primary amides is 1. The highest BCUT2D eigenvalue weighted by molar-refractivity contribution is 6.32. The molecule has 0 radical (unpaired) electrons. The van der Waals surface area contributed by atoms with E-state index in [4.69, 9.17) is 5.73 Å². The maximum atomic E-state index is 14.1. The van der Waals surface area contributed by atoms with Crippen molar-refractivity contribution in [2.75, 3.05) is 46.7 Å². The maximum Gasteiger partial charge on any atom is 0.235 e. The minimum absolute atomic E-state index is 0.00635. The van der Waals surface area contributed by atoms with Crippen molar-refractivity contribution in [2.45, 2.75) is 51.8 Å². The van der Waals surface area contributed by atoms with Crippen molar-refractivity contribution in [3.05, 3.63) is 22.8 Å². The number of Topliss-reactive ketones (excluding diaryl/α,β-unsaturated/α-hetero) is 4. The van der Waals surface area contributed by atoms with E-state index in [9.17, 15) is 34.2 Å². The van der Waals surface area contributed by atoms with E-state index >= 15 is 0 Å². The normalized spacial score (nSPS) is 29.9. The van der Waals surface area contributed by atoms with Crippen molar-refractivity contribution in [1.82, 2.24) is 9.80 Å². The first-order valence-electron chi connectivity index (χ1n) is 13.9. The predicted octanol–water partition coefficient (Wildman–Crippen LogP) is 0.411. The molecule has 4 rings (SSSR count). The zero-order valence-corrected chi connectivity index (χ0v) is 25.1. The first-order valence-corrected chi connectivity index (χ1v) is 13.9. The quantitative estimate of drug-likeness (QED) is 0.409. The van der Waals surface area contributed by atoms with E-state index in [1.165, 1.54) is 4.90 Å². The molecule has 0 aliphatic heterocycles. The number of aromatic hydroxyl groups is 1. The number of carbonyl (C=O) groups is 5. The van der Waals surface area contributed by atoms with Crippen molar-refractivity contribution in [2.24, 2.45) is 34.8 Å². The van der Waals surface area contributed by atoms with Gasteiger partial charge in [0.25, 0.3) is 0 Å². The second-order valence-corrected chi connectivity index (χ2v) is 13.7. The molecule has 41 heavy (non-hydrogen) atoms. The van der Waals surface area contributed by atoms with Crippen LogP contribution < -0.4 is 10.6 Å². The number of phenols is 1. The largest absolute Gasteiger partial charge is 0.507 e. The molecule has 0 bridgehead atoms. The van der Waals surface area contributed by atoms with Crippen LogP contribution in [0, 0.1) is 29.1 Å². The second-order valence-electron chi connectivity index (χ2n) is 13.7. The Balaban J connectivity index is 1.84. The topological polar surface area (TPSA) is 162 Å². The summed E-state index contributed by atoms with van der Waals surface area (Å²) >= 11 is 0. The molecule has 2 fully saturated rings. The number of likely N-dealkylation sites (N-methyl/N-ethyl adjacent to an activating group) is 1. The van der Waals surface area contributed by atoms with Crippen LogP contribution in [0.15, 0.2) is 6.07 Å². The van der Waals surface area contributed by atoms with Crippen molar-refractivity contribution in [3.8, 4) is 5.75 Å². The van der Waals surface area contributed by atoms with E-state index in [2.05, 4.69) is 20.8 Å². The van der Waals surface area contributed by atoms with Gasteiger partial charge >= 0.3 is 0 Å². The molecule has 1 amide bonds. The predicted molar refractivity (Wildman–Crippen MR) is 151 cm³/mol. The molecule has 2 saturated carbocycles. The van der Waals surface area contributed by atoms with E-state index < -0.39 is 64.4 Å². The summed E-state index contributed by atoms with van der Waals surface area (Å²) in [5, 5.41) is 23.2. The third-order valence-electron chi connectivity index (χ3n) is 8.78. The molecule has 3 aliphatic rings. The molecule has 0 heterocycles. The van der Waals surface area contributed by atoms with Crippen molar-refractivity contribution in [3.63, 3.8) is 0 Å². The molecular formula is C30H42N4O7. The monoisotopic (exact) mass is 570 g/mol. The number of benzene rings is 1. The van der Waals surface area contributed by atoms with Gasteiger partial charge in [-0.3, -0.25) is 28.9 Å². The molecule has 11 heteroatoms. The van der Waals surface area contributed by atoms with Crippen LogP contribution >= 0.6 is 0 Å². The van der Waals surface area contributed by atoms with Crippen LogP contribution in [0.3, 0.4) is 0 Å². The number of anilines is 1. The Labute approximate surface area is 240 Å². The highest BCUT2D eigenvalue weighted by Crippen LogP contribution is 2.52. The maximum absolute atomic E-state index is 14.1. The number of nitrogens with two attached hydrogens (primary N) is 1. The number of phenolic OH excluding ortho intramolecular Hbond substituents is 1. The van der Waals surface area contributed by atoms with Gasteiger partial charge in [-0.2, -0.15) is 0 Å². The lowest BCUT2D eigenvalue weighted by Crippen LogP contribution is -2.74. The van der Waals surface area contributed by atoms with Gasteiger partial charge in [-0.15, -0.1) is 0 Å². The Kier molecular flexibility index (Phi) is 7.73. The lowest BCUT2D eigenvalue weighted by atomic mass is 9.52. The Morgan fingerprint density at radius 3 is 2.20 bits per heavy atom. The van der Waals surface area contributed by atoms with E-state index in [0.29, 0.717) is 17.7 Å². The fraction of sp³-hybridized carbons (Fsp3) is 0.633. The van der Waals surface area contributed by atoms with Gasteiger partial charge < -0.3 is 25.7 Å². The summed E-state index contributed by atoms with van der Waals surface area (Å²) in [5.74, 6) is -10.4. The summed E-state index contributed by atoms with van der Waals surface area (Å²) in [6, 6.07) is 0.731. The number of hydrogen-bond donors (Lipinski definition) is 3. The Hall–Kier alpha value is -3.15. The Bertz CT molecular complexity index is 1330. The molecule has 0 spiro atoms. The van der Waals surface area contributed by atoms with Gasteiger partial charge in [0.05, 0.1) is 17.5 Å². The van der Waals surface area contributed by atoms with Gasteiger partial charge in [-0.05, 0) is 56.9 Å². The highest BCUT2D eigenvalue weighted by Gasteiger charge is 2.69. The minimum atomic E-state index is -2.73. The summed E-state index contributed by atoms with van der Waals surface area (Å²) in [6.45, 7) is 7.37. The van der Waals surface area contributed by atoms with Crippen molar-refractivity contribution < 1.29 is 34.2 Å². The molecule has 4 N–H and O–H groups in total. The van der Waals surface area contributed by atoms with Crippen LogP contribution in [0.1, 0.15) is 48.7 Å². The van der Waals surface area contributed by atoms with Gasteiger partial charge in [-0.1, -0.05) is 20.8 Å². The summed E-state index contributed by atoms with van der Waals surface area (Å²) < 4.78 is 0. The number of nitrogens with zero attached hydrogens (tertiary/aromatic N) is 3. The Morgan fingerprint density at radius 2 is 1.68 bits per heavy atom. The van der Waals surface area contributed by atoms with Crippen LogP contribution in [0.2, 0.25) is 0 Å². The third kappa shape index (κ3) is 4.87. The third-order valence-corrected chi connectivity index (χ3v) is 8.78. The second kappa shape index (κ2) is 10.3. The highest BCUT2D eigenvalue weighted by atomic mass is 16.3. The lowest BCUT2D eigenvalue weighted by Gasteiger charge is -2.52. The molecule has 1 aromatic rings. The number of amides is 1. The molecule has 0 aromatic heterocycles. The summed E-state index contributed by atoms with van der Waals surface area (Å²) in [5.41, 5.74) is 4.50. The number of carbonyl (C=O) groups excluding carboxylic acids is 5. The van der Waals surface area contributed by atoms with E-state index in [0.717, 1.165) is 12.2 Å². The van der Waals surface area contributed by atoms with Gasteiger partial charge in [0.1, 0.15) is 5.75 Å². The first kappa shape index (κ1) is 30.8. The van der Waals surface area contributed by atoms with Crippen LogP contribution in [0.5, 0.6) is 5.75 Å². The van der Waals surface area contributed by atoms with Crippen LogP contribution in [0.25, 0.3) is 0 Å². The first-order chi connectivity index (χ1) is 18.8. The molecular weight excluding hydrogens is 528 g/mol. The lowest BCUT2D eigenvalue weighted by molar-refractivity contribution is -0.181. The van der Waals surface area contributed by atoms with Crippen LogP contribution in [-0.4, -0.2) is 102 Å². The molecule has 2 unspecified atom stereocenters. The van der Waals surface area contributed by atoms with E-state index in [-0.39, 0.29) is 29.6 Å². The number of hydrogen-bond acceptors (Lipinski definition) is 10. The van der Waals surface area contributed by atoms with E-state index in [1.807, 2.05) is 37.0 Å². The summed E-state index contributed by atoms with van der Waals surface area (Å²) in [7, 11) is 8.72. The van der Waals surface area contributed by atoms with Crippen LogP contribution in [0.4, 0.5) is 5.69 Å². The summed E-state index contributed by atoms with van der Waals surface area (Å²) in [6.07, 6.45) is 0.249. The van der Waals surface area contributed by atoms with Gasteiger partial charge in [0.2, 0.25) is 5.91 Å². The zero-order valence-electron chi connectivity index (χ0n) is 25.1. The average Bonchev–Trinajstić information content (AvgIpc) is 2.81. The Morgan fingerprint density at radius 1 is 1.07 bits per heavy atom. The standard InChI is InChI=1S/C30H42N4O7/c1-29(2,3)13-34(8)12-15-11-18(32(4)5)16-9-14-10-17-22(33(6)7)25(37)21(28(31)40)27(39)30(17,41)26(38)19(14)24(36)20(16)23(15)35/h11,14,17,19,21-22,35,41H,9-10,12-13H2,1-8H3,(H2,31,40)/t14-,17-,19?,21?,22-,30-/m1/s1. The summed E-state index contributed by atoms with van der Waals surface area (Å²) in [4.78, 5) is 72.4. The molecule has 6 atom stereocenters. The SMILES string of the molecule is CN(Cc1cc(N(C)C)c2c(c1O)C(=O)C1C(=O)[C@@]3(O)C(=O)C(C(N)=O)C(=O)[C@H](N(C)C)[C@H]3C[C@H]1C2)CC(C)(C)C. The smallest absolute Gasteiger partial charge is 0.235 e. The van der Waals surface area contributed by atoms with Crippen molar-refractivity contribution in [1.29, 1.82) is 0 Å². The number of fused-ring (bicyclic) bond motifs is 3. The van der Waals surface area contributed by atoms with Gasteiger partial charge in [0, 0.05) is 44.4 Å². The van der Waals surface area contributed by atoms with Gasteiger partial charge in [0.15, 0.2) is 34.7 Å². The molecule has 1 aromatic carbocycles. The fourth-order valence-corrected chi connectivity index (χ4v) is 7.38. The minimum Gasteiger partial charge on any atom is -0.507 e.